The molecule has 0 aliphatic carbocycles. The lowest BCUT2D eigenvalue weighted by Gasteiger charge is -2.11. The number of hydrogen-bond acceptors (Lipinski definition) is 6. The summed E-state index contributed by atoms with van der Waals surface area (Å²) in [5.41, 5.74) is 1.35. The zero-order chi connectivity index (χ0) is 20.9. The Morgan fingerprint density at radius 3 is 2.53 bits per heavy atom. The van der Waals surface area contributed by atoms with E-state index in [1.54, 1.807) is 48.5 Å². The Bertz CT molecular complexity index is 1100. The van der Waals surface area contributed by atoms with Gasteiger partial charge in [-0.3, -0.25) is 9.78 Å². The van der Waals surface area contributed by atoms with Gasteiger partial charge in [0.2, 0.25) is 6.79 Å². The minimum atomic E-state index is -0.420. The summed E-state index contributed by atoms with van der Waals surface area (Å²) in [7, 11) is 1.53. The number of pyridine rings is 1. The number of aromatic nitrogens is 1. The van der Waals surface area contributed by atoms with Crippen LogP contribution in [0.2, 0.25) is 0 Å². The summed E-state index contributed by atoms with van der Waals surface area (Å²) in [4.78, 5) is 28.0. The topological polar surface area (TPSA) is 111 Å². The lowest BCUT2D eigenvalue weighted by molar-refractivity contribution is 0.0957. The zero-order valence-corrected chi connectivity index (χ0v) is 16.0. The third kappa shape index (κ3) is 4.41. The van der Waals surface area contributed by atoms with E-state index in [2.05, 4.69) is 20.9 Å². The van der Waals surface area contributed by atoms with Crippen LogP contribution in [0.5, 0.6) is 23.0 Å². The third-order valence-corrected chi connectivity index (χ3v) is 4.15. The summed E-state index contributed by atoms with van der Waals surface area (Å²) in [5.74, 6) is 1.85. The predicted octanol–water partition coefficient (Wildman–Crippen LogP) is 3.61. The number of hydrogen-bond donors (Lipinski definition) is 3. The average molecular weight is 406 g/mol. The molecular weight excluding hydrogens is 388 g/mol. The van der Waals surface area contributed by atoms with Crippen molar-refractivity contribution in [3.63, 3.8) is 0 Å². The van der Waals surface area contributed by atoms with E-state index < -0.39 is 6.03 Å². The van der Waals surface area contributed by atoms with Gasteiger partial charge in [0, 0.05) is 42.8 Å². The van der Waals surface area contributed by atoms with Gasteiger partial charge >= 0.3 is 6.03 Å². The highest BCUT2D eigenvalue weighted by atomic mass is 16.7. The van der Waals surface area contributed by atoms with E-state index in [0.29, 0.717) is 34.4 Å². The molecule has 2 heterocycles. The first-order valence-electron chi connectivity index (χ1n) is 9.04. The number of fused-ring (bicyclic) bond motifs is 1. The van der Waals surface area contributed by atoms with Crippen molar-refractivity contribution in [1.29, 1.82) is 0 Å². The van der Waals surface area contributed by atoms with Crippen molar-refractivity contribution >= 4 is 23.3 Å². The molecule has 30 heavy (non-hydrogen) atoms. The van der Waals surface area contributed by atoms with Gasteiger partial charge in [0.1, 0.15) is 17.2 Å². The molecular formula is C21H18N4O5. The lowest BCUT2D eigenvalue weighted by Crippen LogP contribution is -2.19. The number of amides is 3. The molecule has 1 aliphatic heterocycles. The molecule has 0 radical (unpaired) electrons. The number of nitrogens with one attached hydrogen (secondary N) is 3. The maximum Gasteiger partial charge on any atom is 0.323 e. The molecule has 4 rings (SSSR count). The standard InChI is InChI=1S/C21H18N4O5/c1-22-20(26)17-11-16(7-8-23-17)30-15-4-2-3-13(9-15)24-21(27)25-14-5-6-18-19(10-14)29-12-28-18/h2-11H,12H2,1H3,(H,22,26)(H2,24,25,27). The van der Waals surface area contributed by atoms with Crippen LogP contribution in [-0.4, -0.2) is 30.8 Å². The SMILES string of the molecule is CNC(=O)c1cc(Oc2cccc(NC(=O)Nc3ccc4c(c3)OCO4)c2)ccn1. The van der Waals surface area contributed by atoms with Gasteiger partial charge < -0.3 is 30.2 Å². The van der Waals surface area contributed by atoms with Gasteiger partial charge in [-0.15, -0.1) is 0 Å². The maximum absolute atomic E-state index is 12.3. The monoisotopic (exact) mass is 406 g/mol. The summed E-state index contributed by atoms with van der Waals surface area (Å²) >= 11 is 0. The van der Waals surface area contributed by atoms with E-state index in [9.17, 15) is 9.59 Å². The van der Waals surface area contributed by atoms with Crippen molar-refractivity contribution in [3.05, 3.63) is 66.5 Å². The Balaban J connectivity index is 1.41. The molecule has 1 aliphatic rings. The molecule has 0 saturated carbocycles. The second kappa shape index (κ2) is 8.39. The van der Waals surface area contributed by atoms with Crippen LogP contribution < -0.4 is 30.2 Å². The van der Waals surface area contributed by atoms with Crippen molar-refractivity contribution in [2.24, 2.45) is 0 Å². The number of rotatable bonds is 5. The van der Waals surface area contributed by atoms with E-state index in [4.69, 9.17) is 14.2 Å². The van der Waals surface area contributed by atoms with E-state index in [0.717, 1.165) is 0 Å². The molecule has 9 nitrogen and oxygen atoms in total. The maximum atomic E-state index is 12.3. The van der Waals surface area contributed by atoms with Crippen LogP contribution in [0.15, 0.2) is 60.8 Å². The van der Waals surface area contributed by atoms with Crippen molar-refractivity contribution < 1.29 is 23.8 Å². The minimum Gasteiger partial charge on any atom is -0.457 e. The Morgan fingerprint density at radius 1 is 0.933 bits per heavy atom. The van der Waals surface area contributed by atoms with Gasteiger partial charge in [-0.2, -0.15) is 0 Å². The van der Waals surface area contributed by atoms with Gasteiger partial charge in [-0.1, -0.05) is 6.07 Å². The molecule has 3 aromatic rings. The highest BCUT2D eigenvalue weighted by Crippen LogP contribution is 2.34. The van der Waals surface area contributed by atoms with Crippen LogP contribution in [0.4, 0.5) is 16.2 Å². The molecule has 3 amide bonds. The first-order valence-corrected chi connectivity index (χ1v) is 9.04. The quantitative estimate of drug-likeness (QED) is 0.597. The van der Waals surface area contributed by atoms with E-state index in [1.165, 1.54) is 19.3 Å². The van der Waals surface area contributed by atoms with Gasteiger partial charge in [-0.05, 0) is 30.3 Å². The smallest absolute Gasteiger partial charge is 0.323 e. The summed E-state index contributed by atoms with van der Waals surface area (Å²) in [6.07, 6.45) is 1.49. The second-order valence-electron chi connectivity index (χ2n) is 6.23. The van der Waals surface area contributed by atoms with Gasteiger partial charge in [0.05, 0.1) is 0 Å². The van der Waals surface area contributed by atoms with Crippen molar-refractivity contribution in [3.8, 4) is 23.0 Å². The van der Waals surface area contributed by atoms with Crippen molar-refractivity contribution in [2.75, 3.05) is 24.5 Å². The first kappa shape index (κ1) is 19.1. The van der Waals surface area contributed by atoms with E-state index in [1.807, 2.05) is 0 Å². The Kier molecular flexibility index (Phi) is 5.33. The summed E-state index contributed by atoms with van der Waals surface area (Å²) < 4.78 is 16.3. The molecule has 9 heteroatoms. The van der Waals surface area contributed by atoms with Crippen molar-refractivity contribution in [2.45, 2.75) is 0 Å². The second-order valence-corrected chi connectivity index (χ2v) is 6.23. The molecule has 152 valence electrons. The minimum absolute atomic E-state index is 0.167. The van der Waals surface area contributed by atoms with Gasteiger partial charge in [-0.25, -0.2) is 4.79 Å². The number of nitrogens with zero attached hydrogens (tertiary/aromatic N) is 1. The summed E-state index contributed by atoms with van der Waals surface area (Å²) in [6, 6.07) is 14.8. The lowest BCUT2D eigenvalue weighted by atomic mass is 10.2. The Labute approximate surface area is 172 Å². The largest absolute Gasteiger partial charge is 0.457 e. The molecule has 0 bridgehead atoms. The fraction of sp³-hybridized carbons (Fsp3) is 0.0952. The fourth-order valence-corrected chi connectivity index (χ4v) is 2.77. The highest BCUT2D eigenvalue weighted by molar-refractivity contribution is 6.00. The predicted molar refractivity (Wildman–Crippen MR) is 109 cm³/mol. The Morgan fingerprint density at radius 2 is 1.70 bits per heavy atom. The average Bonchev–Trinajstić information content (AvgIpc) is 3.21. The van der Waals surface area contributed by atoms with E-state index >= 15 is 0 Å². The normalized spacial score (nSPS) is 11.5. The number of benzene rings is 2. The number of urea groups is 1. The molecule has 0 fully saturated rings. The van der Waals surface area contributed by atoms with Crippen LogP contribution in [0.25, 0.3) is 0 Å². The highest BCUT2D eigenvalue weighted by Gasteiger charge is 2.14. The fourth-order valence-electron chi connectivity index (χ4n) is 2.77. The van der Waals surface area contributed by atoms with Crippen LogP contribution in [0.3, 0.4) is 0 Å². The number of carbonyl (C=O) groups excluding carboxylic acids is 2. The van der Waals surface area contributed by atoms with Crippen LogP contribution in [0, 0.1) is 0 Å². The number of carbonyl (C=O) groups is 2. The first-order chi connectivity index (χ1) is 14.6. The molecule has 0 spiro atoms. The molecule has 0 unspecified atom stereocenters. The summed E-state index contributed by atoms with van der Waals surface area (Å²) in [6.45, 7) is 0.167. The van der Waals surface area contributed by atoms with Crippen LogP contribution >= 0.6 is 0 Å². The number of ether oxygens (including phenoxy) is 3. The van der Waals surface area contributed by atoms with Crippen LogP contribution in [-0.2, 0) is 0 Å². The molecule has 2 aromatic carbocycles. The number of anilines is 2. The van der Waals surface area contributed by atoms with Gasteiger partial charge in [0.15, 0.2) is 11.5 Å². The van der Waals surface area contributed by atoms with Crippen LogP contribution in [0.1, 0.15) is 10.5 Å². The third-order valence-electron chi connectivity index (χ3n) is 4.15. The molecule has 3 N–H and O–H groups in total. The van der Waals surface area contributed by atoms with E-state index in [-0.39, 0.29) is 18.4 Å². The molecule has 0 atom stereocenters. The summed E-state index contributed by atoms with van der Waals surface area (Å²) in [5, 5.41) is 7.99. The zero-order valence-electron chi connectivity index (χ0n) is 16.0. The molecule has 0 saturated heterocycles. The van der Waals surface area contributed by atoms with Crippen molar-refractivity contribution in [1.82, 2.24) is 10.3 Å². The Hall–Kier alpha value is -4.27. The molecule has 1 aromatic heterocycles. The van der Waals surface area contributed by atoms with Gasteiger partial charge in [0.25, 0.3) is 5.91 Å².